The number of unbranched alkanes of at least 4 members (excludes halogenated alkanes) is 1. The number of carbonyl (C=O) groups is 2. The lowest BCUT2D eigenvalue weighted by atomic mass is 9.98. The highest BCUT2D eigenvalue weighted by Gasteiger charge is 2.29. The number of hydrogen-bond donors (Lipinski definition) is 5. The number of nitrogens with two attached hydrogens (primary N) is 1. The summed E-state index contributed by atoms with van der Waals surface area (Å²) in [6.45, 7) is 2.55. The molecule has 0 fully saturated rings. The Morgan fingerprint density at radius 3 is 2.43 bits per heavy atom. The van der Waals surface area contributed by atoms with Crippen molar-refractivity contribution in [1.29, 1.82) is 5.41 Å². The van der Waals surface area contributed by atoms with Gasteiger partial charge in [0.15, 0.2) is 11.8 Å². The molecule has 1 aromatic heterocycles. The van der Waals surface area contributed by atoms with E-state index in [9.17, 15) is 14.7 Å². The molecule has 0 spiro atoms. The molecule has 0 aliphatic rings. The third-order valence-corrected chi connectivity index (χ3v) is 5.84. The summed E-state index contributed by atoms with van der Waals surface area (Å²) in [4.78, 5) is 26.6. The van der Waals surface area contributed by atoms with Crippen molar-refractivity contribution in [2.75, 3.05) is 6.54 Å². The van der Waals surface area contributed by atoms with Crippen LogP contribution < -0.4 is 11.1 Å². The number of carboxylic acids is 1. The summed E-state index contributed by atoms with van der Waals surface area (Å²) in [6.07, 6.45) is 2.54. The first kappa shape index (κ1) is 29.2. The molecule has 0 saturated carbocycles. The molecule has 11 nitrogen and oxygen atoms in total. The molecule has 0 saturated heterocycles. The molecule has 3 aromatic rings. The summed E-state index contributed by atoms with van der Waals surface area (Å²) in [6, 6.07) is 14.5. The average molecular weight is 529 g/mol. The van der Waals surface area contributed by atoms with Crippen molar-refractivity contribution in [3.05, 3.63) is 54.1 Å². The number of carboxylic acid groups (broad SMARTS) is 1. The fourth-order valence-corrected chi connectivity index (χ4v) is 3.98. The van der Waals surface area contributed by atoms with Crippen LogP contribution in [0.15, 0.2) is 48.5 Å². The zero-order valence-electron chi connectivity index (χ0n) is 20.7. The van der Waals surface area contributed by atoms with Crippen molar-refractivity contribution >= 4 is 30.2 Å². The Morgan fingerprint density at radius 1 is 1.14 bits per heavy atom. The number of nitrogens with zero attached hydrogens (tertiary/aromatic N) is 4. The van der Waals surface area contributed by atoms with E-state index < -0.39 is 12.0 Å². The summed E-state index contributed by atoms with van der Waals surface area (Å²) in [5, 5.41) is 34.0. The summed E-state index contributed by atoms with van der Waals surface area (Å²) >= 11 is 0. The van der Waals surface area contributed by atoms with Gasteiger partial charge in [-0.25, -0.2) is 9.89 Å². The third kappa shape index (κ3) is 8.28. The highest BCUT2D eigenvalue weighted by molar-refractivity contribution is 5.85. The fraction of sp³-hybridized carbons (Fsp3) is 0.360. The molecule has 37 heavy (non-hydrogen) atoms. The third-order valence-electron chi connectivity index (χ3n) is 5.84. The maximum absolute atomic E-state index is 13.0. The highest BCUT2D eigenvalue weighted by Crippen LogP contribution is 2.30. The maximum Gasteiger partial charge on any atom is 0.326 e. The van der Waals surface area contributed by atoms with Crippen LogP contribution in [0.2, 0.25) is 0 Å². The predicted octanol–water partition coefficient (Wildman–Crippen LogP) is 3.19. The number of nitrogens with one attached hydrogen (secondary N) is 3. The summed E-state index contributed by atoms with van der Waals surface area (Å²) < 4.78 is 0. The van der Waals surface area contributed by atoms with Gasteiger partial charge in [-0.15, -0.1) is 17.5 Å². The van der Waals surface area contributed by atoms with Gasteiger partial charge in [-0.3, -0.25) is 10.2 Å². The number of rotatable bonds is 13. The van der Waals surface area contributed by atoms with Crippen molar-refractivity contribution in [3.63, 3.8) is 0 Å². The molecule has 1 amide bonds. The molecule has 1 heterocycles. The second-order valence-corrected chi connectivity index (χ2v) is 8.45. The minimum Gasteiger partial charge on any atom is -0.480 e. The number of carbonyl (C=O) groups excluding carboxylic acids is 1. The lowest BCUT2D eigenvalue weighted by Gasteiger charge is -2.29. The molecule has 198 valence electrons. The van der Waals surface area contributed by atoms with Crippen molar-refractivity contribution in [1.82, 2.24) is 30.8 Å². The number of hydrogen-bond acceptors (Lipinski definition) is 6. The van der Waals surface area contributed by atoms with E-state index in [2.05, 4.69) is 25.9 Å². The standard InChI is InChI=1S/C25H32N8O3.ClH/c1-2-3-10-22(34)33(21(24(35)36)9-6-15-28-25(26)27)16-17-11-13-18(14-12-17)19-7-4-5-8-20(19)23-29-31-32-30-23;/h4-5,7-8,11-14,21H,2-3,6,9-10,15-16H2,1H3,(H,35,36)(H4,26,27,28)(H,29,30,31,32);1H. The molecule has 0 radical (unpaired) electrons. The predicted molar refractivity (Wildman–Crippen MR) is 143 cm³/mol. The first-order valence-corrected chi connectivity index (χ1v) is 11.9. The molecule has 0 aliphatic carbocycles. The Labute approximate surface area is 221 Å². The molecular weight excluding hydrogens is 496 g/mol. The molecule has 6 N–H and O–H groups in total. The lowest BCUT2D eigenvalue weighted by Crippen LogP contribution is -2.45. The van der Waals surface area contributed by atoms with Crippen LogP contribution in [0.3, 0.4) is 0 Å². The molecular formula is C25H33ClN8O3. The van der Waals surface area contributed by atoms with Crippen LogP contribution in [0.4, 0.5) is 0 Å². The van der Waals surface area contributed by atoms with Crippen molar-refractivity contribution in [3.8, 4) is 22.5 Å². The smallest absolute Gasteiger partial charge is 0.326 e. The van der Waals surface area contributed by atoms with Crippen LogP contribution in [0.1, 0.15) is 44.6 Å². The number of aromatic amines is 1. The number of halogens is 1. The number of guanidine groups is 1. The van der Waals surface area contributed by atoms with Gasteiger partial charge in [0.2, 0.25) is 5.91 Å². The maximum atomic E-state index is 13.0. The Bertz CT molecular complexity index is 1160. The van der Waals surface area contributed by atoms with Gasteiger partial charge in [0.1, 0.15) is 6.04 Å². The Morgan fingerprint density at radius 2 is 1.84 bits per heavy atom. The van der Waals surface area contributed by atoms with Gasteiger partial charge >= 0.3 is 5.97 Å². The molecule has 1 unspecified atom stereocenters. The second-order valence-electron chi connectivity index (χ2n) is 8.45. The number of benzene rings is 2. The zero-order valence-corrected chi connectivity index (χ0v) is 21.5. The van der Waals surface area contributed by atoms with E-state index in [-0.39, 0.29) is 37.2 Å². The van der Waals surface area contributed by atoms with Crippen LogP contribution in [0.5, 0.6) is 0 Å². The fourth-order valence-electron chi connectivity index (χ4n) is 3.98. The normalized spacial score (nSPS) is 11.3. The second kappa shape index (κ2) is 14.5. The molecule has 0 bridgehead atoms. The number of amides is 1. The van der Waals surface area contributed by atoms with Crippen LogP contribution in [-0.2, 0) is 16.1 Å². The Kier molecular flexibility index (Phi) is 11.5. The highest BCUT2D eigenvalue weighted by atomic mass is 35.5. The number of H-pyrrole nitrogens is 1. The summed E-state index contributed by atoms with van der Waals surface area (Å²) in [7, 11) is 0. The van der Waals surface area contributed by atoms with Crippen molar-refractivity contribution in [2.45, 2.75) is 51.6 Å². The quantitative estimate of drug-likeness (QED) is 0.128. The number of tetrazole rings is 1. The average Bonchev–Trinajstić information content (AvgIpc) is 3.41. The van der Waals surface area contributed by atoms with E-state index in [1.54, 1.807) is 0 Å². The summed E-state index contributed by atoms with van der Waals surface area (Å²) in [5.74, 6) is -0.838. The van der Waals surface area contributed by atoms with Crippen molar-refractivity contribution < 1.29 is 14.7 Å². The largest absolute Gasteiger partial charge is 0.480 e. The lowest BCUT2D eigenvalue weighted by molar-refractivity contribution is -0.151. The Hall–Kier alpha value is -3.99. The monoisotopic (exact) mass is 528 g/mol. The molecule has 3 rings (SSSR count). The first-order chi connectivity index (χ1) is 17.4. The molecule has 1 atom stereocenters. The van der Waals surface area contributed by atoms with Gasteiger partial charge in [0.05, 0.1) is 0 Å². The van der Waals surface area contributed by atoms with Crippen LogP contribution in [-0.4, -0.2) is 61.1 Å². The minimum atomic E-state index is -1.05. The van der Waals surface area contributed by atoms with Gasteiger partial charge < -0.3 is 21.1 Å². The van der Waals surface area contributed by atoms with E-state index in [0.29, 0.717) is 31.6 Å². The van der Waals surface area contributed by atoms with Gasteiger partial charge in [-0.05, 0) is 46.4 Å². The van der Waals surface area contributed by atoms with Crippen molar-refractivity contribution in [2.24, 2.45) is 5.73 Å². The van der Waals surface area contributed by atoms with E-state index in [4.69, 9.17) is 11.1 Å². The van der Waals surface area contributed by atoms with Crippen LogP contribution in [0, 0.1) is 5.41 Å². The van der Waals surface area contributed by atoms with Crippen LogP contribution >= 0.6 is 12.4 Å². The van der Waals surface area contributed by atoms with E-state index >= 15 is 0 Å². The molecule has 0 aliphatic heterocycles. The topological polar surface area (TPSA) is 174 Å². The summed E-state index contributed by atoms with van der Waals surface area (Å²) in [5.41, 5.74) is 8.88. The molecule has 2 aromatic carbocycles. The van der Waals surface area contributed by atoms with E-state index in [1.165, 1.54) is 4.90 Å². The SMILES string of the molecule is CCCCC(=O)N(Cc1ccc(-c2ccccc2-c2nnn[nH]2)cc1)C(CCCNC(=N)N)C(=O)O.Cl. The first-order valence-electron chi connectivity index (χ1n) is 11.9. The van der Waals surface area contributed by atoms with Gasteiger partial charge in [0.25, 0.3) is 0 Å². The van der Waals surface area contributed by atoms with Gasteiger partial charge in [0, 0.05) is 25.1 Å². The molecule has 12 heteroatoms. The van der Waals surface area contributed by atoms with Gasteiger partial charge in [-0.1, -0.05) is 61.9 Å². The van der Waals surface area contributed by atoms with Gasteiger partial charge in [-0.2, -0.15) is 0 Å². The zero-order chi connectivity index (χ0) is 25.9. The Balaban J connectivity index is 0.00000481. The van der Waals surface area contributed by atoms with E-state index in [0.717, 1.165) is 28.7 Å². The minimum absolute atomic E-state index is 0. The van der Waals surface area contributed by atoms with E-state index in [1.807, 2.05) is 55.5 Å². The number of aromatic nitrogens is 4. The number of aliphatic carboxylic acids is 1. The van der Waals surface area contributed by atoms with Crippen LogP contribution in [0.25, 0.3) is 22.5 Å².